The van der Waals surface area contributed by atoms with Crippen molar-refractivity contribution >= 4 is 6.09 Å². The monoisotopic (exact) mass is 307 g/mol. The van der Waals surface area contributed by atoms with Gasteiger partial charge in [0.2, 0.25) is 5.88 Å². The van der Waals surface area contributed by atoms with Crippen molar-refractivity contribution in [2.24, 2.45) is 5.92 Å². The Kier molecular flexibility index (Phi) is 5.21. The summed E-state index contributed by atoms with van der Waals surface area (Å²) >= 11 is 0. The first-order chi connectivity index (χ1) is 10.4. The van der Waals surface area contributed by atoms with Gasteiger partial charge in [-0.3, -0.25) is 0 Å². The highest BCUT2D eigenvalue weighted by Crippen LogP contribution is 2.22. The zero-order valence-electron chi connectivity index (χ0n) is 13.8. The van der Waals surface area contributed by atoms with Crippen LogP contribution in [0.5, 0.6) is 5.88 Å². The number of hydrogen-bond donors (Lipinski definition) is 0. The first-order valence-electron chi connectivity index (χ1n) is 7.71. The molecule has 0 N–H and O–H groups in total. The number of nitrogens with zero attached hydrogens (tertiary/aromatic N) is 3. The molecule has 0 bridgehead atoms. The van der Waals surface area contributed by atoms with Crippen LogP contribution < -0.4 is 4.74 Å². The summed E-state index contributed by atoms with van der Waals surface area (Å²) < 4.78 is 10.6. The minimum Gasteiger partial charge on any atom is -0.481 e. The van der Waals surface area contributed by atoms with Crippen LogP contribution in [0.3, 0.4) is 0 Å². The van der Waals surface area contributed by atoms with Crippen LogP contribution in [0.15, 0.2) is 12.3 Å². The lowest BCUT2D eigenvalue weighted by atomic mass is 9.94. The van der Waals surface area contributed by atoms with E-state index in [0.29, 0.717) is 18.3 Å². The highest BCUT2D eigenvalue weighted by molar-refractivity contribution is 5.68. The number of ether oxygens (including phenoxy) is 2. The van der Waals surface area contributed by atoms with Gasteiger partial charge in [0.15, 0.2) is 0 Å². The van der Waals surface area contributed by atoms with E-state index in [1.165, 1.54) is 0 Å². The molecule has 1 aromatic heterocycles. The third-order valence-corrected chi connectivity index (χ3v) is 3.53. The molecule has 1 aliphatic heterocycles. The molecule has 0 spiro atoms. The smallest absolute Gasteiger partial charge is 0.410 e. The van der Waals surface area contributed by atoms with Crippen LogP contribution in [0.2, 0.25) is 0 Å². The zero-order chi connectivity index (χ0) is 16.2. The molecule has 6 nitrogen and oxygen atoms in total. The molecule has 2 rings (SSSR count). The Morgan fingerprint density at radius 1 is 1.45 bits per heavy atom. The summed E-state index contributed by atoms with van der Waals surface area (Å²) in [6, 6.07) is 1.73. The second-order valence-electron chi connectivity index (χ2n) is 6.65. The lowest BCUT2D eigenvalue weighted by Gasteiger charge is -2.33. The highest BCUT2D eigenvalue weighted by Gasteiger charge is 2.28. The Morgan fingerprint density at radius 2 is 2.23 bits per heavy atom. The van der Waals surface area contributed by atoms with E-state index in [1.807, 2.05) is 20.8 Å². The number of carbonyl (C=O) groups excluding carboxylic acids is 1. The van der Waals surface area contributed by atoms with Crippen LogP contribution in [-0.2, 0) is 11.2 Å². The molecule has 1 aromatic rings. The number of methoxy groups -OCH3 is 1. The van der Waals surface area contributed by atoms with Crippen LogP contribution in [-0.4, -0.2) is 46.8 Å². The van der Waals surface area contributed by atoms with Crippen LogP contribution in [0.25, 0.3) is 0 Å². The Morgan fingerprint density at radius 3 is 2.91 bits per heavy atom. The Hall–Kier alpha value is -1.85. The van der Waals surface area contributed by atoms with Gasteiger partial charge < -0.3 is 14.4 Å². The summed E-state index contributed by atoms with van der Waals surface area (Å²) in [4.78, 5) is 22.6. The van der Waals surface area contributed by atoms with Gasteiger partial charge in [-0.05, 0) is 39.5 Å². The summed E-state index contributed by atoms with van der Waals surface area (Å²) in [5.74, 6) is 1.69. The van der Waals surface area contributed by atoms with E-state index in [4.69, 9.17) is 9.47 Å². The molecule has 6 heteroatoms. The average Bonchev–Trinajstić information content (AvgIpc) is 2.46. The molecular formula is C16H25N3O3. The molecule has 122 valence electrons. The molecule has 0 radical (unpaired) electrons. The summed E-state index contributed by atoms with van der Waals surface area (Å²) in [5.41, 5.74) is -0.458. The second kappa shape index (κ2) is 6.94. The molecule has 22 heavy (non-hydrogen) atoms. The fraction of sp³-hybridized carbons (Fsp3) is 0.688. The zero-order valence-corrected chi connectivity index (χ0v) is 13.8. The van der Waals surface area contributed by atoms with Crippen LogP contribution in [0.4, 0.5) is 4.79 Å². The number of carbonyl (C=O) groups is 1. The van der Waals surface area contributed by atoms with Gasteiger partial charge in [0.05, 0.1) is 7.11 Å². The molecule has 0 saturated carbocycles. The number of hydrogen-bond acceptors (Lipinski definition) is 5. The Labute approximate surface area is 131 Å². The maximum atomic E-state index is 12.2. The molecule has 0 unspecified atom stereocenters. The van der Waals surface area contributed by atoms with Gasteiger partial charge in [-0.15, -0.1) is 0 Å². The maximum Gasteiger partial charge on any atom is 0.410 e. The topological polar surface area (TPSA) is 64.5 Å². The predicted octanol–water partition coefficient (Wildman–Crippen LogP) is 2.67. The molecule has 1 saturated heterocycles. The van der Waals surface area contributed by atoms with E-state index in [-0.39, 0.29) is 6.09 Å². The standard InChI is InChI=1S/C16H25N3O3/c1-16(2,3)22-15(20)19-9-5-6-12(11-19)10-13-17-8-7-14(18-13)21-4/h7-8,12H,5-6,9-11H2,1-4H3/t12-/m0/s1. The average molecular weight is 307 g/mol. The quantitative estimate of drug-likeness (QED) is 0.859. The number of likely N-dealkylation sites (tertiary alicyclic amines) is 1. The fourth-order valence-corrected chi connectivity index (χ4v) is 2.57. The third-order valence-electron chi connectivity index (χ3n) is 3.53. The molecule has 0 aliphatic carbocycles. The number of rotatable bonds is 3. The van der Waals surface area contributed by atoms with E-state index in [0.717, 1.165) is 31.6 Å². The van der Waals surface area contributed by atoms with E-state index in [1.54, 1.807) is 24.3 Å². The summed E-state index contributed by atoms with van der Waals surface area (Å²) in [6.45, 7) is 7.10. The first kappa shape index (κ1) is 16.5. The lowest BCUT2D eigenvalue weighted by Crippen LogP contribution is -2.43. The number of aromatic nitrogens is 2. The summed E-state index contributed by atoms with van der Waals surface area (Å²) in [7, 11) is 1.59. The Balaban J connectivity index is 1.94. The highest BCUT2D eigenvalue weighted by atomic mass is 16.6. The molecule has 1 atom stereocenters. The molecule has 1 aliphatic rings. The van der Waals surface area contributed by atoms with Gasteiger partial charge >= 0.3 is 6.09 Å². The van der Waals surface area contributed by atoms with Crippen molar-refractivity contribution in [3.8, 4) is 5.88 Å². The van der Waals surface area contributed by atoms with Gasteiger partial charge in [-0.25, -0.2) is 9.78 Å². The van der Waals surface area contributed by atoms with Crippen LogP contribution in [0, 0.1) is 5.92 Å². The third kappa shape index (κ3) is 4.86. The maximum absolute atomic E-state index is 12.2. The van der Waals surface area contributed by atoms with Crippen molar-refractivity contribution in [2.45, 2.75) is 45.6 Å². The molecule has 1 amide bonds. The van der Waals surface area contributed by atoms with Gasteiger partial charge in [0, 0.05) is 31.8 Å². The van der Waals surface area contributed by atoms with E-state index >= 15 is 0 Å². The molecular weight excluding hydrogens is 282 g/mol. The van der Waals surface area contributed by atoms with Gasteiger partial charge in [-0.1, -0.05) is 0 Å². The lowest BCUT2D eigenvalue weighted by molar-refractivity contribution is 0.0165. The minimum absolute atomic E-state index is 0.233. The van der Waals surface area contributed by atoms with E-state index < -0.39 is 5.60 Å². The van der Waals surface area contributed by atoms with Crippen molar-refractivity contribution in [1.82, 2.24) is 14.9 Å². The van der Waals surface area contributed by atoms with Crippen molar-refractivity contribution < 1.29 is 14.3 Å². The van der Waals surface area contributed by atoms with Crippen molar-refractivity contribution in [3.05, 3.63) is 18.1 Å². The van der Waals surface area contributed by atoms with Crippen molar-refractivity contribution in [3.63, 3.8) is 0 Å². The normalized spacial score (nSPS) is 18.9. The fourth-order valence-electron chi connectivity index (χ4n) is 2.57. The molecule has 0 aromatic carbocycles. The van der Waals surface area contributed by atoms with Gasteiger partial charge in [0.1, 0.15) is 11.4 Å². The molecule has 1 fully saturated rings. The Bertz CT molecular complexity index is 514. The number of piperidine rings is 1. The summed E-state index contributed by atoms with van der Waals surface area (Å²) in [6.07, 6.45) is 4.27. The predicted molar refractivity (Wildman–Crippen MR) is 82.8 cm³/mol. The van der Waals surface area contributed by atoms with Gasteiger partial charge in [0.25, 0.3) is 0 Å². The first-order valence-corrected chi connectivity index (χ1v) is 7.71. The van der Waals surface area contributed by atoms with E-state index in [2.05, 4.69) is 9.97 Å². The van der Waals surface area contributed by atoms with Crippen LogP contribution in [0.1, 0.15) is 39.4 Å². The second-order valence-corrected chi connectivity index (χ2v) is 6.65. The van der Waals surface area contributed by atoms with Crippen molar-refractivity contribution in [1.29, 1.82) is 0 Å². The van der Waals surface area contributed by atoms with E-state index in [9.17, 15) is 4.79 Å². The van der Waals surface area contributed by atoms with Crippen LogP contribution >= 0.6 is 0 Å². The van der Waals surface area contributed by atoms with Crippen molar-refractivity contribution in [2.75, 3.05) is 20.2 Å². The SMILES string of the molecule is COc1ccnc(C[C@@H]2CCCN(C(=O)OC(C)(C)C)C2)n1. The molecule has 2 heterocycles. The van der Waals surface area contributed by atoms with Gasteiger partial charge in [-0.2, -0.15) is 4.98 Å². The largest absolute Gasteiger partial charge is 0.481 e. The summed E-state index contributed by atoms with van der Waals surface area (Å²) in [5, 5.41) is 0. The number of amides is 1. The minimum atomic E-state index is -0.458.